The average molecular weight is 465 g/mol. The summed E-state index contributed by atoms with van der Waals surface area (Å²) in [5, 5.41) is 0.562. The molecule has 34 heavy (non-hydrogen) atoms. The van der Waals surface area contributed by atoms with Gasteiger partial charge in [-0.05, 0) is 51.0 Å². The maximum Gasteiger partial charge on any atom is 0.258 e. The molecule has 0 radical (unpaired) electrons. The van der Waals surface area contributed by atoms with Gasteiger partial charge in [0, 0.05) is 24.2 Å². The zero-order valence-electron chi connectivity index (χ0n) is 20.2. The molecule has 0 aliphatic carbocycles. The highest BCUT2D eigenvalue weighted by Gasteiger charge is 2.33. The molecular weight excluding hydrogens is 432 g/mol. The Bertz CT molecular complexity index is 1220. The van der Waals surface area contributed by atoms with Crippen LogP contribution < -0.4 is 15.0 Å². The van der Waals surface area contributed by atoms with E-state index in [4.69, 9.17) is 9.47 Å². The molecule has 1 N–H and O–H groups in total. The maximum atomic E-state index is 13.5. The van der Waals surface area contributed by atoms with Crippen LogP contribution in [-0.2, 0) is 11.3 Å². The fourth-order valence-electron chi connectivity index (χ4n) is 4.57. The lowest BCUT2D eigenvalue weighted by atomic mass is 10.0. The lowest BCUT2D eigenvalue weighted by molar-refractivity contribution is -0.134. The number of nitrogens with one attached hydrogen (secondary N) is 1. The summed E-state index contributed by atoms with van der Waals surface area (Å²) in [6.07, 6.45) is 1.82. The minimum atomic E-state index is -0.165. The zero-order chi connectivity index (χ0) is 24.2. The Hall–Kier alpha value is -3.39. The summed E-state index contributed by atoms with van der Waals surface area (Å²) in [6, 6.07) is 13.1. The summed E-state index contributed by atoms with van der Waals surface area (Å²) in [6.45, 7) is 5.41. The number of aromatic nitrogens is 2. The first kappa shape index (κ1) is 23.8. The van der Waals surface area contributed by atoms with Gasteiger partial charge in [0.15, 0.2) is 0 Å². The normalized spacial score (nSPS) is 15.9. The fraction of sp³-hybridized carbons (Fsp3) is 0.423. The number of ether oxygens (including phenoxy) is 2. The van der Waals surface area contributed by atoms with Gasteiger partial charge in [0.1, 0.15) is 17.3 Å². The third kappa shape index (κ3) is 4.92. The van der Waals surface area contributed by atoms with E-state index in [1.807, 2.05) is 60.0 Å². The van der Waals surface area contributed by atoms with E-state index < -0.39 is 0 Å². The number of rotatable bonds is 8. The van der Waals surface area contributed by atoms with Gasteiger partial charge in [-0.15, -0.1) is 0 Å². The fourth-order valence-corrected chi connectivity index (χ4v) is 4.57. The molecule has 0 spiro atoms. The van der Waals surface area contributed by atoms with Gasteiger partial charge in [-0.3, -0.25) is 14.5 Å². The van der Waals surface area contributed by atoms with Crippen molar-refractivity contribution in [2.45, 2.75) is 45.3 Å². The standard InChI is InChI=1S/C26H32N4O4/c1-17(2)29(15-24-27-21-9-6-5-8-19(21)26(32)28-24)16-25(31)30-13-7-10-22(30)20-12-11-18(33-3)14-23(20)34-4/h5-6,8-9,11-12,14,17,22H,7,10,13,15-16H2,1-4H3,(H,27,28,32). The molecule has 3 aromatic rings. The van der Waals surface area contributed by atoms with Crippen LogP contribution >= 0.6 is 0 Å². The molecule has 1 atom stereocenters. The zero-order valence-corrected chi connectivity index (χ0v) is 20.2. The van der Waals surface area contributed by atoms with Crippen molar-refractivity contribution in [1.29, 1.82) is 0 Å². The Balaban J connectivity index is 1.53. The molecule has 1 fully saturated rings. The monoisotopic (exact) mass is 464 g/mol. The minimum absolute atomic E-state index is 0.0408. The highest BCUT2D eigenvalue weighted by Crippen LogP contribution is 2.38. The second-order valence-electron chi connectivity index (χ2n) is 8.88. The predicted octanol–water partition coefficient (Wildman–Crippen LogP) is 3.51. The van der Waals surface area contributed by atoms with E-state index in [0.29, 0.717) is 29.8 Å². The molecule has 0 bridgehead atoms. The number of fused-ring (bicyclic) bond motifs is 1. The van der Waals surface area contributed by atoms with Gasteiger partial charge in [-0.2, -0.15) is 0 Å². The molecule has 8 nitrogen and oxygen atoms in total. The number of benzene rings is 2. The number of likely N-dealkylation sites (tertiary alicyclic amines) is 1. The van der Waals surface area contributed by atoms with Gasteiger partial charge < -0.3 is 19.4 Å². The van der Waals surface area contributed by atoms with Gasteiger partial charge in [-0.1, -0.05) is 12.1 Å². The highest BCUT2D eigenvalue weighted by atomic mass is 16.5. The number of para-hydroxylation sites is 1. The van der Waals surface area contributed by atoms with Crippen LogP contribution in [0.4, 0.5) is 0 Å². The van der Waals surface area contributed by atoms with E-state index >= 15 is 0 Å². The van der Waals surface area contributed by atoms with E-state index in [9.17, 15) is 9.59 Å². The summed E-state index contributed by atoms with van der Waals surface area (Å²) in [5.74, 6) is 2.05. The largest absolute Gasteiger partial charge is 0.497 e. The quantitative estimate of drug-likeness (QED) is 0.549. The highest BCUT2D eigenvalue weighted by molar-refractivity contribution is 5.79. The predicted molar refractivity (Wildman–Crippen MR) is 131 cm³/mol. The second-order valence-corrected chi connectivity index (χ2v) is 8.88. The van der Waals surface area contributed by atoms with Crippen LogP contribution in [0.5, 0.6) is 11.5 Å². The van der Waals surface area contributed by atoms with Crippen molar-refractivity contribution in [2.24, 2.45) is 0 Å². The molecule has 8 heteroatoms. The van der Waals surface area contributed by atoms with Crippen LogP contribution in [-0.4, -0.2) is 59.0 Å². The first-order valence-corrected chi connectivity index (χ1v) is 11.6. The van der Waals surface area contributed by atoms with Crippen LogP contribution in [0, 0.1) is 0 Å². The summed E-state index contributed by atoms with van der Waals surface area (Å²) >= 11 is 0. The molecule has 1 aromatic heterocycles. The molecule has 4 rings (SSSR count). The Morgan fingerprint density at radius 2 is 2.00 bits per heavy atom. The molecule has 1 amide bonds. The van der Waals surface area contributed by atoms with Crippen LogP contribution in [0.2, 0.25) is 0 Å². The maximum absolute atomic E-state index is 13.5. The van der Waals surface area contributed by atoms with Crippen molar-refractivity contribution in [2.75, 3.05) is 27.3 Å². The van der Waals surface area contributed by atoms with Crippen molar-refractivity contribution in [3.63, 3.8) is 0 Å². The number of amides is 1. The van der Waals surface area contributed by atoms with Gasteiger partial charge in [-0.25, -0.2) is 4.98 Å². The molecule has 0 saturated carbocycles. The summed E-state index contributed by atoms with van der Waals surface area (Å²) in [7, 11) is 3.26. The van der Waals surface area contributed by atoms with Crippen molar-refractivity contribution < 1.29 is 14.3 Å². The van der Waals surface area contributed by atoms with Crippen LogP contribution in [0.25, 0.3) is 10.9 Å². The van der Waals surface area contributed by atoms with Crippen LogP contribution in [0.3, 0.4) is 0 Å². The SMILES string of the molecule is COc1ccc(C2CCCN2C(=O)CN(Cc2nc3ccccc3c(=O)[nH]2)C(C)C)c(OC)c1. The summed E-state index contributed by atoms with van der Waals surface area (Å²) in [4.78, 5) is 37.4. The van der Waals surface area contributed by atoms with Gasteiger partial charge >= 0.3 is 0 Å². The first-order chi connectivity index (χ1) is 16.4. The van der Waals surface area contributed by atoms with Gasteiger partial charge in [0.2, 0.25) is 5.91 Å². The van der Waals surface area contributed by atoms with Gasteiger partial charge in [0.25, 0.3) is 5.56 Å². The van der Waals surface area contributed by atoms with E-state index in [1.165, 1.54) is 0 Å². The molecule has 1 unspecified atom stereocenters. The molecule has 180 valence electrons. The van der Waals surface area contributed by atoms with Crippen molar-refractivity contribution >= 4 is 16.8 Å². The number of hydrogen-bond donors (Lipinski definition) is 1. The van der Waals surface area contributed by atoms with E-state index in [1.54, 1.807) is 20.3 Å². The molecule has 1 saturated heterocycles. The number of methoxy groups -OCH3 is 2. The number of H-pyrrole nitrogens is 1. The Morgan fingerprint density at radius 3 is 2.74 bits per heavy atom. The van der Waals surface area contributed by atoms with Crippen molar-refractivity contribution in [3.8, 4) is 11.5 Å². The smallest absolute Gasteiger partial charge is 0.258 e. The lowest BCUT2D eigenvalue weighted by Crippen LogP contribution is -2.43. The molecule has 1 aliphatic rings. The minimum Gasteiger partial charge on any atom is -0.497 e. The Kier molecular flexibility index (Phi) is 7.17. The van der Waals surface area contributed by atoms with Crippen LogP contribution in [0.1, 0.15) is 44.1 Å². The van der Waals surface area contributed by atoms with Crippen LogP contribution in [0.15, 0.2) is 47.3 Å². The van der Waals surface area contributed by atoms with E-state index in [0.717, 1.165) is 29.9 Å². The van der Waals surface area contributed by atoms with Crippen molar-refractivity contribution in [1.82, 2.24) is 19.8 Å². The van der Waals surface area contributed by atoms with E-state index in [2.05, 4.69) is 9.97 Å². The molecule has 1 aliphatic heterocycles. The summed E-state index contributed by atoms with van der Waals surface area (Å²) < 4.78 is 10.9. The topological polar surface area (TPSA) is 87.8 Å². The number of nitrogens with zero attached hydrogens (tertiary/aromatic N) is 3. The summed E-state index contributed by atoms with van der Waals surface area (Å²) in [5.41, 5.74) is 1.48. The number of carbonyl (C=O) groups is 1. The Labute approximate surface area is 199 Å². The first-order valence-electron chi connectivity index (χ1n) is 11.6. The third-order valence-electron chi connectivity index (χ3n) is 6.46. The lowest BCUT2D eigenvalue weighted by Gasteiger charge is -2.31. The van der Waals surface area contributed by atoms with Crippen molar-refractivity contribution in [3.05, 3.63) is 64.2 Å². The average Bonchev–Trinajstić information content (AvgIpc) is 3.33. The molecular formula is C26H32N4O4. The Morgan fingerprint density at radius 1 is 1.21 bits per heavy atom. The second kappa shape index (κ2) is 10.3. The number of carbonyl (C=O) groups excluding carboxylic acids is 1. The molecule has 2 aromatic carbocycles. The number of hydrogen-bond acceptors (Lipinski definition) is 6. The van der Waals surface area contributed by atoms with E-state index in [-0.39, 0.29) is 30.1 Å². The number of aromatic amines is 1. The van der Waals surface area contributed by atoms with Gasteiger partial charge in [0.05, 0.1) is 44.3 Å². The molecule has 2 heterocycles. The third-order valence-corrected chi connectivity index (χ3v) is 6.46.